The molecule has 14 heavy (non-hydrogen) atoms. The Kier molecular flexibility index (Phi) is 4.76. The van der Waals surface area contributed by atoms with Crippen LogP contribution in [0.25, 0.3) is 0 Å². The highest BCUT2D eigenvalue weighted by molar-refractivity contribution is 7.98. The van der Waals surface area contributed by atoms with Crippen molar-refractivity contribution >= 4 is 17.6 Å². The van der Waals surface area contributed by atoms with Crippen molar-refractivity contribution in [3.05, 3.63) is 23.9 Å². The van der Waals surface area contributed by atoms with Crippen molar-refractivity contribution in [3.8, 4) is 0 Å². The van der Waals surface area contributed by atoms with Crippen LogP contribution in [0.4, 0.5) is 5.82 Å². The van der Waals surface area contributed by atoms with Gasteiger partial charge in [-0.2, -0.15) is 11.8 Å². The van der Waals surface area contributed by atoms with E-state index in [1.54, 1.807) is 0 Å². The van der Waals surface area contributed by atoms with E-state index in [0.29, 0.717) is 0 Å². The lowest BCUT2D eigenvalue weighted by molar-refractivity contribution is 0.277. The number of aromatic nitrogens is 1. The third kappa shape index (κ3) is 3.20. The summed E-state index contributed by atoms with van der Waals surface area (Å²) in [5.74, 6) is 2.01. The van der Waals surface area contributed by atoms with Crippen LogP contribution in [0.15, 0.2) is 18.2 Å². The minimum atomic E-state index is 0.00417. The standard InChI is InChI=1S/C10H16N2OS/c1-12(6-7-14-2)10-5-3-4-9(8-13)11-10/h3-5,13H,6-8H2,1-2H3. The van der Waals surface area contributed by atoms with Crippen LogP contribution in [0.1, 0.15) is 5.69 Å². The number of aliphatic hydroxyl groups is 1. The predicted octanol–water partition coefficient (Wildman–Crippen LogP) is 1.37. The molecule has 0 radical (unpaired) electrons. The minimum absolute atomic E-state index is 0.00417. The van der Waals surface area contributed by atoms with E-state index >= 15 is 0 Å². The third-order valence-corrected chi connectivity index (χ3v) is 2.57. The van der Waals surface area contributed by atoms with E-state index in [9.17, 15) is 0 Å². The van der Waals surface area contributed by atoms with Crippen molar-refractivity contribution in [1.29, 1.82) is 0 Å². The molecule has 1 aromatic heterocycles. The Morgan fingerprint density at radius 1 is 1.50 bits per heavy atom. The zero-order valence-corrected chi connectivity index (χ0v) is 9.42. The van der Waals surface area contributed by atoms with Crippen LogP contribution >= 0.6 is 11.8 Å². The van der Waals surface area contributed by atoms with Crippen molar-refractivity contribution < 1.29 is 5.11 Å². The number of pyridine rings is 1. The molecular formula is C10H16N2OS. The minimum Gasteiger partial charge on any atom is -0.390 e. The summed E-state index contributed by atoms with van der Waals surface area (Å²) < 4.78 is 0. The number of aliphatic hydroxyl groups excluding tert-OH is 1. The second-order valence-corrected chi connectivity index (χ2v) is 4.05. The third-order valence-electron chi connectivity index (χ3n) is 1.98. The molecule has 0 saturated heterocycles. The average molecular weight is 212 g/mol. The van der Waals surface area contributed by atoms with E-state index < -0.39 is 0 Å². The van der Waals surface area contributed by atoms with Gasteiger partial charge in [0.2, 0.25) is 0 Å². The topological polar surface area (TPSA) is 36.4 Å². The van der Waals surface area contributed by atoms with Crippen LogP contribution in [0.2, 0.25) is 0 Å². The summed E-state index contributed by atoms with van der Waals surface area (Å²) in [6.45, 7) is 0.979. The molecule has 0 atom stereocenters. The first-order valence-corrected chi connectivity index (χ1v) is 5.94. The maximum atomic E-state index is 8.93. The van der Waals surface area contributed by atoms with Crippen molar-refractivity contribution in [2.24, 2.45) is 0 Å². The highest BCUT2D eigenvalue weighted by Crippen LogP contribution is 2.10. The summed E-state index contributed by atoms with van der Waals surface area (Å²) in [7, 11) is 2.01. The Balaban J connectivity index is 2.64. The fraction of sp³-hybridized carbons (Fsp3) is 0.500. The van der Waals surface area contributed by atoms with Crippen LogP contribution in [0, 0.1) is 0 Å². The molecule has 0 spiro atoms. The Morgan fingerprint density at radius 2 is 2.29 bits per heavy atom. The molecule has 1 rings (SSSR count). The first-order chi connectivity index (χ1) is 6.77. The Hall–Kier alpha value is -0.740. The summed E-state index contributed by atoms with van der Waals surface area (Å²) in [6, 6.07) is 5.70. The lowest BCUT2D eigenvalue weighted by Gasteiger charge is -2.17. The lowest BCUT2D eigenvalue weighted by atomic mass is 10.3. The molecule has 4 heteroatoms. The van der Waals surface area contributed by atoms with Gasteiger partial charge >= 0.3 is 0 Å². The molecule has 0 amide bonds. The molecule has 0 saturated carbocycles. The lowest BCUT2D eigenvalue weighted by Crippen LogP contribution is -2.21. The van der Waals surface area contributed by atoms with E-state index in [4.69, 9.17) is 5.11 Å². The molecule has 0 aliphatic heterocycles. The highest BCUT2D eigenvalue weighted by atomic mass is 32.2. The normalized spacial score (nSPS) is 10.2. The van der Waals surface area contributed by atoms with E-state index in [1.165, 1.54) is 0 Å². The quantitative estimate of drug-likeness (QED) is 0.800. The SMILES string of the molecule is CSCCN(C)c1cccc(CO)n1. The van der Waals surface area contributed by atoms with Crippen LogP contribution in [-0.4, -0.2) is 35.7 Å². The van der Waals surface area contributed by atoms with Crippen molar-refractivity contribution in [2.75, 3.05) is 30.5 Å². The first-order valence-electron chi connectivity index (χ1n) is 4.54. The van der Waals surface area contributed by atoms with Crippen molar-refractivity contribution in [3.63, 3.8) is 0 Å². The number of hydrogen-bond acceptors (Lipinski definition) is 4. The van der Waals surface area contributed by atoms with Gasteiger partial charge < -0.3 is 10.0 Å². The summed E-state index contributed by atoms with van der Waals surface area (Å²) >= 11 is 1.82. The Morgan fingerprint density at radius 3 is 2.93 bits per heavy atom. The van der Waals surface area contributed by atoms with Gasteiger partial charge in [0.1, 0.15) is 5.82 Å². The fourth-order valence-corrected chi connectivity index (χ4v) is 1.57. The molecule has 0 aromatic carbocycles. The van der Waals surface area contributed by atoms with Crippen LogP contribution in [-0.2, 0) is 6.61 Å². The zero-order valence-electron chi connectivity index (χ0n) is 8.60. The molecule has 1 N–H and O–H groups in total. The Bertz CT molecular complexity index is 281. The summed E-state index contributed by atoms with van der Waals surface area (Å²) in [5.41, 5.74) is 0.721. The number of nitrogens with zero attached hydrogens (tertiary/aromatic N) is 2. The molecule has 78 valence electrons. The molecule has 0 bridgehead atoms. The zero-order chi connectivity index (χ0) is 10.4. The van der Waals surface area contributed by atoms with Crippen LogP contribution in [0.3, 0.4) is 0 Å². The van der Waals surface area contributed by atoms with E-state index in [-0.39, 0.29) is 6.61 Å². The second-order valence-electron chi connectivity index (χ2n) is 3.06. The van der Waals surface area contributed by atoms with Gasteiger partial charge in [-0.3, -0.25) is 0 Å². The van der Waals surface area contributed by atoms with E-state index in [1.807, 2.05) is 37.0 Å². The van der Waals surface area contributed by atoms with Gasteiger partial charge in [-0.15, -0.1) is 0 Å². The van der Waals surface area contributed by atoms with E-state index in [0.717, 1.165) is 23.8 Å². The Labute approximate surface area is 89.2 Å². The second kappa shape index (κ2) is 5.88. The van der Waals surface area contributed by atoms with Gasteiger partial charge in [-0.05, 0) is 18.4 Å². The van der Waals surface area contributed by atoms with Crippen LogP contribution in [0.5, 0.6) is 0 Å². The number of thioether (sulfide) groups is 1. The van der Waals surface area contributed by atoms with Gasteiger partial charge in [0.15, 0.2) is 0 Å². The monoisotopic (exact) mass is 212 g/mol. The number of hydrogen-bond donors (Lipinski definition) is 1. The molecule has 3 nitrogen and oxygen atoms in total. The molecule has 0 aliphatic carbocycles. The smallest absolute Gasteiger partial charge is 0.128 e. The summed E-state index contributed by atoms with van der Waals surface area (Å²) in [5, 5.41) is 8.93. The van der Waals surface area contributed by atoms with Crippen molar-refractivity contribution in [1.82, 2.24) is 4.98 Å². The van der Waals surface area contributed by atoms with Crippen LogP contribution < -0.4 is 4.90 Å². The summed E-state index contributed by atoms with van der Waals surface area (Å²) in [6.07, 6.45) is 2.09. The van der Waals surface area contributed by atoms with Gasteiger partial charge in [-0.1, -0.05) is 6.07 Å². The van der Waals surface area contributed by atoms with E-state index in [2.05, 4.69) is 16.1 Å². The average Bonchev–Trinajstić information content (AvgIpc) is 2.26. The molecular weight excluding hydrogens is 196 g/mol. The molecule has 0 aliphatic rings. The predicted molar refractivity (Wildman–Crippen MR) is 61.8 cm³/mol. The first kappa shape index (κ1) is 11.3. The maximum absolute atomic E-state index is 8.93. The number of anilines is 1. The van der Waals surface area contributed by atoms with Gasteiger partial charge in [0.05, 0.1) is 12.3 Å². The summed E-state index contributed by atoms with van der Waals surface area (Å²) in [4.78, 5) is 6.40. The maximum Gasteiger partial charge on any atom is 0.128 e. The molecule has 1 heterocycles. The highest BCUT2D eigenvalue weighted by Gasteiger charge is 2.01. The molecule has 1 aromatic rings. The van der Waals surface area contributed by atoms with Crippen molar-refractivity contribution in [2.45, 2.75) is 6.61 Å². The van der Waals surface area contributed by atoms with Gasteiger partial charge in [0, 0.05) is 19.3 Å². The van der Waals surface area contributed by atoms with Gasteiger partial charge in [0.25, 0.3) is 0 Å². The largest absolute Gasteiger partial charge is 0.390 e. The fourth-order valence-electron chi connectivity index (χ4n) is 1.11. The number of rotatable bonds is 5. The van der Waals surface area contributed by atoms with Gasteiger partial charge in [-0.25, -0.2) is 4.98 Å². The molecule has 0 unspecified atom stereocenters. The molecule has 0 fully saturated rings.